The second-order valence-corrected chi connectivity index (χ2v) is 7.86. The molecule has 0 bridgehead atoms. The third-order valence-electron chi connectivity index (χ3n) is 3.65. The van der Waals surface area contributed by atoms with Crippen LogP contribution in [0.5, 0.6) is 5.75 Å². The molecule has 0 spiro atoms. The minimum Gasteiger partial charge on any atom is -0.467 e. The van der Waals surface area contributed by atoms with E-state index in [0.717, 1.165) is 4.31 Å². The molecule has 1 heterocycles. The molecule has 0 unspecified atom stereocenters. The van der Waals surface area contributed by atoms with Crippen molar-refractivity contribution in [2.24, 2.45) is 0 Å². The number of fused-ring (bicyclic) bond motifs is 1. The highest BCUT2D eigenvalue weighted by molar-refractivity contribution is 7.89. The summed E-state index contributed by atoms with van der Waals surface area (Å²) in [7, 11) is -2.34. The molecule has 1 aliphatic rings. The molecule has 0 saturated heterocycles. The van der Waals surface area contributed by atoms with Crippen LogP contribution in [-0.4, -0.2) is 26.6 Å². The summed E-state index contributed by atoms with van der Waals surface area (Å²) in [5, 5.41) is 0.327. The fourth-order valence-electron chi connectivity index (χ4n) is 2.51. The lowest BCUT2D eigenvalue weighted by molar-refractivity contribution is -0.0174. The first-order valence-corrected chi connectivity index (χ1v) is 8.93. The van der Waals surface area contributed by atoms with Crippen LogP contribution in [0.2, 0.25) is 5.02 Å². The van der Waals surface area contributed by atoms with Gasteiger partial charge in [-0.3, -0.25) is 0 Å². The quantitative estimate of drug-likeness (QED) is 0.828. The lowest BCUT2D eigenvalue weighted by atomic mass is 10.1. The van der Waals surface area contributed by atoms with E-state index in [1.54, 1.807) is 12.1 Å². The maximum absolute atomic E-state index is 13.8. The molecule has 0 aromatic heterocycles. The van der Waals surface area contributed by atoms with E-state index in [9.17, 15) is 12.8 Å². The van der Waals surface area contributed by atoms with Crippen molar-refractivity contribution in [1.82, 2.24) is 4.31 Å². The topological polar surface area (TPSA) is 55.8 Å². The van der Waals surface area contributed by atoms with Gasteiger partial charge in [0.05, 0.1) is 11.5 Å². The van der Waals surface area contributed by atoms with Crippen LogP contribution >= 0.6 is 11.6 Å². The molecule has 0 saturated carbocycles. The van der Waals surface area contributed by atoms with Crippen molar-refractivity contribution in [3.63, 3.8) is 0 Å². The average Bonchev–Trinajstić information content (AvgIpc) is 2.54. The van der Waals surface area contributed by atoms with Crippen LogP contribution in [0.15, 0.2) is 41.3 Å². The van der Waals surface area contributed by atoms with Crippen LogP contribution in [0, 0.1) is 5.82 Å². The van der Waals surface area contributed by atoms with E-state index < -0.39 is 15.8 Å². The van der Waals surface area contributed by atoms with E-state index >= 15 is 0 Å². The Morgan fingerprint density at radius 2 is 2.08 bits per heavy atom. The van der Waals surface area contributed by atoms with Gasteiger partial charge in [0, 0.05) is 29.7 Å². The van der Waals surface area contributed by atoms with E-state index in [4.69, 9.17) is 21.1 Å². The molecule has 3 rings (SSSR count). The molecule has 8 heteroatoms. The Hall–Kier alpha value is -1.67. The Balaban J connectivity index is 1.92. The second-order valence-electron chi connectivity index (χ2n) is 5.38. The molecular weight excluding hydrogens is 357 g/mol. The highest BCUT2D eigenvalue weighted by Crippen LogP contribution is 2.31. The number of hydrogen-bond donors (Lipinski definition) is 0. The Morgan fingerprint density at radius 1 is 1.29 bits per heavy atom. The van der Waals surface area contributed by atoms with Crippen molar-refractivity contribution in [3.05, 3.63) is 58.4 Å². The van der Waals surface area contributed by atoms with E-state index in [2.05, 4.69) is 0 Å². The van der Waals surface area contributed by atoms with E-state index in [1.165, 1.54) is 31.3 Å². The first kappa shape index (κ1) is 17.2. The Kier molecular flexibility index (Phi) is 4.78. The van der Waals surface area contributed by atoms with Gasteiger partial charge in [-0.15, -0.1) is 0 Å². The third kappa shape index (κ3) is 3.39. The van der Waals surface area contributed by atoms with Crippen molar-refractivity contribution >= 4 is 21.6 Å². The SMILES string of the molecule is CN(Cc1cc(F)cc2c1OCOC2)S(=O)(=O)c1cccc(Cl)c1. The third-order valence-corrected chi connectivity index (χ3v) is 5.68. The summed E-state index contributed by atoms with van der Waals surface area (Å²) in [5.74, 6) is 0.00203. The number of halogens is 2. The number of ether oxygens (including phenoxy) is 2. The lowest BCUT2D eigenvalue weighted by Gasteiger charge is -2.23. The van der Waals surface area contributed by atoms with Gasteiger partial charge >= 0.3 is 0 Å². The Morgan fingerprint density at radius 3 is 2.83 bits per heavy atom. The van der Waals surface area contributed by atoms with Gasteiger partial charge in [0.2, 0.25) is 10.0 Å². The summed E-state index contributed by atoms with van der Waals surface area (Å²) in [4.78, 5) is 0.0759. The van der Waals surface area contributed by atoms with Crippen LogP contribution in [0.1, 0.15) is 11.1 Å². The smallest absolute Gasteiger partial charge is 0.243 e. The number of benzene rings is 2. The fourth-order valence-corrected chi connectivity index (χ4v) is 3.96. The van der Waals surface area contributed by atoms with Crippen molar-refractivity contribution in [3.8, 4) is 5.75 Å². The minimum absolute atomic E-state index is 0.0328. The maximum Gasteiger partial charge on any atom is 0.243 e. The van der Waals surface area contributed by atoms with Gasteiger partial charge in [-0.25, -0.2) is 12.8 Å². The number of hydrogen-bond acceptors (Lipinski definition) is 4. The maximum atomic E-state index is 13.8. The molecular formula is C16H15ClFNO4S. The van der Waals surface area contributed by atoms with Gasteiger partial charge in [-0.1, -0.05) is 17.7 Å². The van der Waals surface area contributed by atoms with Gasteiger partial charge in [0.25, 0.3) is 0 Å². The molecule has 0 N–H and O–H groups in total. The molecule has 0 fully saturated rings. The molecule has 0 radical (unpaired) electrons. The van der Waals surface area contributed by atoms with Gasteiger partial charge in [-0.05, 0) is 30.3 Å². The summed E-state index contributed by atoms with van der Waals surface area (Å²) in [5.41, 5.74) is 1.01. The van der Waals surface area contributed by atoms with Crippen molar-refractivity contribution in [1.29, 1.82) is 0 Å². The highest BCUT2D eigenvalue weighted by atomic mass is 35.5. The van der Waals surface area contributed by atoms with Gasteiger partial charge in [0.15, 0.2) is 6.79 Å². The summed E-state index contributed by atoms with van der Waals surface area (Å²) < 4.78 is 50.8. The highest BCUT2D eigenvalue weighted by Gasteiger charge is 2.24. The summed E-state index contributed by atoms with van der Waals surface area (Å²) in [6.07, 6.45) is 0. The first-order valence-electron chi connectivity index (χ1n) is 7.11. The molecule has 2 aromatic carbocycles. The molecule has 2 aromatic rings. The standard InChI is InChI=1S/C16H15ClFNO4S/c1-19(24(20,21)15-4-2-3-13(17)7-15)8-11-5-14(18)6-12-9-22-10-23-16(11)12/h2-7H,8-10H2,1H3. The summed E-state index contributed by atoms with van der Waals surface area (Å²) in [6.45, 7) is 0.246. The predicted molar refractivity (Wildman–Crippen MR) is 86.8 cm³/mol. The van der Waals surface area contributed by atoms with Crippen LogP contribution in [0.3, 0.4) is 0 Å². The number of rotatable bonds is 4. The summed E-state index contributed by atoms with van der Waals surface area (Å²) in [6, 6.07) is 8.59. The van der Waals surface area contributed by atoms with Crippen LogP contribution in [0.4, 0.5) is 4.39 Å². The van der Waals surface area contributed by atoms with E-state index in [0.29, 0.717) is 21.9 Å². The second kappa shape index (κ2) is 6.68. The minimum atomic E-state index is -3.76. The van der Waals surface area contributed by atoms with Crippen molar-refractivity contribution < 1.29 is 22.3 Å². The molecule has 128 valence electrons. The molecule has 24 heavy (non-hydrogen) atoms. The van der Waals surface area contributed by atoms with E-state index in [1.807, 2.05) is 0 Å². The van der Waals surface area contributed by atoms with Gasteiger partial charge in [-0.2, -0.15) is 4.31 Å². The summed E-state index contributed by atoms with van der Waals surface area (Å²) >= 11 is 5.86. The zero-order valence-electron chi connectivity index (χ0n) is 12.8. The number of sulfonamides is 1. The van der Waals surface area contributed by atoms with Crippen molar-refractivity contribution in [2.75, 3.05) is 13.8 Å². The largest absolute Gasteiger partial charge is 0.467 e. The first-order chi connectivity index (χ1) is 11.4. The van der Waals surface area contributed by atoms with Crippen LogP contribution in [-0.2, 0) is 27.9 Å². The lowest BCUT2D eigenvalue weighted by Crippen LogP contribution is -2.27. The van der Waals surface area contributed by atoms with Crippen LogP contribution < -0.4 is 4.74 Å². The average molecular weight is 372 g/mol. The fraction of sp³-hybridized carbons (Fsp3) is 0.250. The normalized spacial score (nSPS) is 14.3. The van der Waals surface area contributed by atoms with Gasteiger partial charge < -0.3 is 9.47 Å². The molecule has 0 amide bonds. The monoisotopic (exact) mass is 371 g/mol. The zero-order chi connectivity index (χ0) is 17.3. The molecule has 5 nitrogen and oxygen atoms in total. The van der Waals surface area contributed by atoms with Crippen molar-refractivity contribution in [2.45, 2.75) is 18.0 Å². The predicted octanol–water partition coefficient (Wildman–Crippen LogP) is 3.17. The van der Waals surface area contributed by atoms with E-state index in [-0.39, 0.29) is 24.8 Å². The Labute approximate surface area is 144 Å². The molecule has 0 atom stereocenters. The Bertz CT molecular complexity index is 872. The van der Waals surface area contributed by atoms with Crippen LogP contribution in [0.25, 0.3) is 0 Å². The van der Waals surface area contributed by atoms with Gasteiger partial charge in [0.1, 0.15) is 11.6 Å². The molecule has 1 aliphatic heterocycles. The zero-order valence-corrected chi connectivity index (χ0v) is 14.4. The molecule has 0 aliphatic carbocycles. The number of nitrogens with zero attached hydrogens (tertiary/aromatic N) is 1.